The van der Waals surface area contributed by atoms with Gasteiger partial charge < -0.3 is 19.7 Å². The van der Waals surface area contributed by atoms with E-state index in [2.05, 4.69) is 5.32 Å². The van der Waals surface area contributed by atoms with Gasteiger partial charge in [0.1, 0.15) is 6.04 Å². The number of carbonyl (C=O) groups is 1. The van der Waals surface area contributed by atoms with Gasteiger partial charge in [-0.1, -0.05) is 0 Å². The molecule has 5 nitrogen and oxygen atoms in total. The summed E-state index contributed by atoms with van der Waals surface area (Å²) >= 11 is 0. The van der Waals surface area contributed by atoms with Crippen LogP contribution in [0.25, 0.3) is 0 Å². The molecule has 0 spiro atoms. The number of hydrogen-bond acceptors (Lipinski definition) is 3. The number of hydrogen-bond donors (Lipinski definition) is 2. The standard InChI is InChI=1S/C14H22N2O3/c1-10(14(18)15-7-9-19-2)16-8-6-11-12(16)4-3-5-13(11)17/h6,8,10,13,17H,3-5,7,9H2,1-2H3,(H,15,18). The molecule has 0 aromatic carbocycles. The SMILES string of the molecule is COCCNC(=O)C(C)n1ccc2c1CCCC2O. The summed E-state index contributed by atoms with van der Waals surface area (Å²) < 4.78 is 6.88. The van der Waals surface area contributed by atoms with Crippen molar-refractivity contribution >= 4 is 5.91 Å². The van der Waals surface area contributed by atoms with Crippen LogP contribution >= 0.6 is 0 Å². The molecule has 1 aromatic rings. The van der Waals surface area contributed by atoms with Crippen molar-refractivity contribution in [2.75, 3.05) is 20.3 Å². The number of aromatic nitrogens is 1. The number of fused-ring (bicyclic) bond motifs is 1. The zero-order valence-electron chi connectivity index (χ0n) is 11.6. The fourth-order valence-electron chi connectivity index (χ4n) is 2.60. The normalized spacial score (nSPS) is 19.8. The first kappa shape index (κ1) is 14.1. The maximum Gasteiger partial charge on any atom is 0.242 e. The van der Waals surface area contributed by atoms with Gasteiger partial charge in [0.05, 0.1) is 12.7 Å². The lowest BCUT2D eigenvalue weighted by Gasteiger charge is -2.23. The summed E-state index contributed by atoms with van der Waals surface area (Å²) in [5, 5.41) is 12.8. The molecule has 106 valence electrons. The van der Waals surface area contributed by atoms with Crippen LogP contribution < -0.4 is 5.32 Å². The van der Waals surface area contributed by atoms with Gasteiger partial charge >= 0.3 is 0 Å². The Bertz CT molecular complexity index is 442. The molecule has 1 aliphatic rings. The zero-order chi connectivity index (χ0) is 13.8. The molecule has 1 aromatic heterocycles. The molecule has 0 bridgehead atoms. The third-order valence-corrected chi connectivity index (χ3v) is 3.71. The molecule has 2 rings (SSSR count). The Morgan fingerprint density at radius 3 is 3.21 bits per heavy atom. The molecular formula is C14H22N2O3. The Hall–Kier alpha value is -1.33. The maximum atomic E-state index is 12.0. The molecule has 1 aliphatic carbocycles. The van der Waals surface area contributed by atoms with Crippen LogP contribution in [0.15, 0.2) is 12.3 Å². The fraction of sp³-hybridized carbons (Fsp3) is 0.643. The lowest BCUT2D eigenvalue weighted by Crippen LogP contribution is -2.33. The van der Waals surface area contributed by atoms with E-state index in [1.807, 2.05) is 23.8 Å². The fourth-order valence-corrected chi connectivity index (χ4v) is 2.60. The lowest BCUT2D eigenvalue weighted by molar-refractivity contribution is -0.124. The van der Waals surface area contributed by atoms with Crippen LogP contribution in [-0.4, -0.2) is 35.8 Å². The molecule has 1 amide bonds. The van der Waals surface area contributed by atoms with Crippen molar-refractivity contribution in [2.24, 2.45) is 0 Å². The highest BCUT2D eigenvalue weighted by molar-refractivity contribution is 5.80. The van der Waals surface area contributed by atoms with E-state index in [9.17, 15) is 9.90 Å². The minimum absolute atomic E-state index is 0.0180. The van der Waals surface area contributed by atoms with E-state index >= 15 is 0 Å². The third kappa shape index (κ3) is 2.98. The van der Waals surface area contributed by atoms with Crippen molar-refractivity contribution in [3.05, 3.63) is 23.5 Å². The number of nitrogens with one attached hydrogen (secondary N) is 1. The summed E-state index contributed by atoms with van der Waals surface area (Å²) in [4.78, 5) is 12.0. The van der Waals surface area contributed by atoms with Gasteiger partial charge in [-0.25, -0.2) is 0 Å². The number of ether oxygens (including phenoxy) is 1. The van der Waals surface area contributed by atoms with Gasteiger partial charge in [-0.2, -0.15) is 0 Å². The first-order valence-electron chi connectivity index (χ1n) is 6.79. The molecule has 0 aliphatic heterocycles. The summed E-state index contributed by atoms with van der Waals surface area (Å²) in [5.41, 5.74) is 2.07. The van der Waals surface area contributed by atoms with E-state index in [-0.39, 0.29) is 18.1 Å². The largest absolute Gasteiger partial charge is 0.388 e. The van der Waals surface area contributed by atoms with Crippen LogP contribution in [0.5, 0.6) is 0 Å². The molecule has 2 N–H and O–H groups in total. The maximum absolute atomic E-state index is 12.0. The summed E-state index contributed by atoms with van der Waals surface area (Å²) in [6.07, 6.45) is 4.23. The molecule has 1 heterocycles. The minimum atomic E-state index is -0.381. The number of aliphatic hydroxyl groups excluding tert-OH is 1. The average Bonchev–Trinajstić information content (AvgIpc) is 2.83. The van der Waals surface area contributed by atoms with Crippen molar-refractivity contribution in [1.29, 1.82) is 0 Å². The highest BCUT2D eigenvalue weighted by atomic mass is 16.5. The monoisotopic (exact) mass is 266 g/mol. The molecule has 2 atom stereocenters. The number of methoxy groups -OCH3 is 1. The zero-order valence-corrected chi connectivity index (χ0v) is 11.6. The van der Waals surface area contributed by atoms with Crippen molar-refractivity contribution in [2.45, 2.75) is 38.3 Å². The number of aliphatic hydroxyl groups is 1. The number of carbonyl (C=O) groups excluding carboxylic acids is 1. The summed E-state index contributed by atoms with van der Waals surface area (Å²) in [7, 11) is 1.61. The number of rotatable bonds is 5. The second-order valence-corrected chi connectivity index (χ2v) is 4.99. The first-order valence-corrected chi connectivity index (χ1v) is 6.79. The molecule has 19 heavy (non-hydrogen) atoms. The molecule has 0 saturated heterocycles. The van der Waals surface area contributed by atoms with Crippen LogP contribution in [0.1, 0.15) is 43.2 Å². The Morgan fingerprint density at radius 1 is 1.68 bits per heavy atom. The van der Waals surface area contributed by atoms with Gasteiger partial charge in [-0.15, -0.1) is 0 Å². The van der Waals surface area contributed by atoms with E-state index in [0.717, 1.165) is 30.5 Å². The van der Waals surface area contributed by atoms with Crippen molar-refractivity contribution in [3.8, 4) is 0 Å². The van der Waals surface area contributed by atoms with Crippen LogP contribution in [0, 0.1) is 0 Å². The highest BCUT2D eigenvalue weighted by Gasteiger charge is 2.25. The van der Waals surface area contributed by atoms with Crippen LogP contribution in [0.4, 0.5) is 0 Å². The molecule has 0 fully saturated rings. The summed E-state index contributed by atoms with van der Waals surface area (Å²) in [6, 6.07) is 1.67. The topological polar surface area (TPSA) is 63.5 Å². The first-order chi connectivity index (χ1) is 9.15. The van der Waals surface area contributed by atoms with Crippen LogP contribution in [-0.2, 0) is 16.0 Å². The van der Waals surface area contributed by atoms with E-state index in [1.54, 1.807) is 7.11 Å². The van der Waals surface area contributed by atoms with E-state index in [0.29, 0.717) is 13.2 Å². The summed E-state index contributed by atoms with van der Waals surface area (Å²) in [6.45, 7) is 2.91. The van der Waals surface area contributed by atoms with Gasteiger partial charge in [-0.05, 0) is 32.3 Å². The van der Waals surface area contributed by atoms with Crippen LogP contribution in [0.3, 0.4) is 0 Å². The lowest BCUT2D eigenvalue weighted by atomic mass is 9.95. The van der Waals surface area contributed by atoms with Gasteiger partial charge in [-0.3, -0.25) is 4.79 Å². The van der Waals surface area contributed by atoms with Gasteiger partial charge in [0.25, 0.3) is 0 Å². The smallest absolute Gasteiger partial charge is 0.242 e. The van der Waals surface area contributed by atoms with E-state index in [1.165, 1.54) is 0 Å². The van der Waals surface area contributed by atoms with Gasteiger partial charge in [0.15, 0.2) is 0 Å². The third-order valence-electron chi connectivity index (χ3n) is 3.71. The summed E-state index contributed by atoms with van der Waals surface area (Å²) in [5.74, 6) is -0.0180. The number of nitrogens with zero attached hydrogens (tertiary/aromatic N) is 1. The molecule has 2 unspecified atom stereocenters. The van der Waals surface area contributed by atoms with Crippen molar-refractivity contribution < 1.29 is 14.6 Å². The Balaban J connectivity index is 2.07. The van der Waals surface area contributed by atoms with Crippen molar-refractivity contribution in [1.82, 2.24) is 9.88 Å². The van der Waals surface area contributed by atoms with E-state index < -0.39 is 0 Å². The molecule has 0 saturated carbocycles. The predicted molar refractivity (Wildman–Crippen MR) is 71.9 cm³/mol. The van der Waals surface area contributed by atoms with Gasteiger partial charge in [0, 0.05) is 31.1 Å². The van der Waals surface area contributed by atoms with Crippen molar-refractivity contribution in [3.63, 3.8) is 0 Å². The second-order valence-electron chi connectivity index (χ2n) is 4.99. The molecule has 5 heteroatoms. The Labute approximate surface area is 113 Å². The van der Waals surface area contributed by atoms with Gasteiger partial charge in [0.2, 0.25) is 5.91 Å². The average molecular weight is 266 g/mol. The minimum Gasteiger partial charge on any atom is -0.388 e. The Kier molecular flexibility index (Phi) is 4.61. The molecular weight excluding hydrogens is 244 g/mol. The predicted octanol–water partition coefficient (Wildman–Crippen LogP) is 1.18. The second kappa shape index (κ2) is 6.21. The number of amides is 1. The highest BCUT2D eigenvalue weighted by Crippen LogP contribution is 2.31. The quantitative estimate of drug-likeness (QED) is 0.787. The van der Waals surface area contributed by atoms with Crippen LogP contribution in [0.2, 0.25) is 0 Å². The Morgan fingerprint density at radius 2 is 2.47 bits per heavy atom. The van der Waals surface area contributed by atoms with E-state index in [4.69, 9.17) is 4.74 Å². The molecule has 0 radical (unpaired) electrons.